The molecule has 2 N–H and O–H groups in total. The fourth-order valence-corrected chi connectivity index (χ4v) is 1.99. The first kappa shape index (κ1) is 15.3. The first-order chi connectivity index (χ1) is 9.94. The van der Waals surface area contributed by atoms with Crippen LogP contribution >= 0.6 is 11.6 Å². The van der Waals surface area contributed by atoms with Crippen molar-refractivity contribution in [2.24, 2.45) is 0 Å². The van der Waals surface area contributed by atoms with Gasteiger partial charge >= 0.3 is 0 Å². The highest BCUT2D eigenvalue weighted by molar-refractivity contribution is 6.30. The van der Waals surface area contributed by atoms with E-state index in [0.29, 0.717) is 22.4 Å². The smallest absolute Gasteiger partial charge is 0.270 e. The number of amides is 1. The molecule has 2 aromatic rings. The van der Waals surface area contributed by atoms with Gasteiger partial charge in [-0.3, -0.25) is 4.79 Å². The Kier molecular flexibility index (Phi) is 4.75. The molecule has 2 rings (SSSR count). The maximum Gasteiger partial charge on any atom is 0.270 e. The summed E-state index contributed by atoms with van der Waals surface area (Å²) in [5.41, 5.74) is 1.14. The van der Waals surface area contributed by atoms with Gasteiger partial charge in [-0.1, -0.05) is 17.7 Å². The summed E-state index contributed by atoms with van der Waals surface area (Å²) in [5, 5.41) is 6.56. The lowest BCUT2D eigenvalue weighted by molar-refractivity contribution is 0.0937. The highest BCUT2D eigenvalue weighted by Gasteiger charge is 2.11. The van der Waals surface area contributed by atoms with Crippen LogP contribution in [0.15, 0.2) is 30.3 Å². The van der Waals surface area contributed by atoms with E-state index in [9.17, 15) is 4.79 Å². The summed E-state index contributed by atoms with van der Waals surface area (Å²) < 4.78 is 0. The molecule has 0 spiro atoms. The van der Waals surface area contributed by atoms with Crippen LogP contribution < -0.4 is 10.6 Å². The Balaban J connectivity index is 2.24. The molecule has 0 fully saturated rings. The van der Waals surface area contributed by atoms with Crippen LogP contribution in [0.5, 0.6) is 0 Å². The standard InChI is InChI=1S/C15H17ClN4O/c1-9(2)17-15(21)13-8-14(19-10(3)18-13)20-12-6-4-5-11(16)7-12/h4-9H,1-3H3,(H,17,21)(H,18,19,20). The van der Waals surface area contributed by atoms with E-state index in [-0.39, 0.29) is 11.9 Å². The third-order valence-electron chi connectivity index (χ3n) is 2.59. The molecular formula is C15H17ClN4O. The number of carbonyl (C=O) groups excluding carboxylic acids is 1. The van der Waals surface area contributed by atoms with Crippen LogP contribution in [-0.2, 0) is 0 Å². The van der Waals surface area contributed by atoms with E-state index in [1.54, 1.807) is 25.1 Å². The van der Waals surface area contributed by atoms with Crippen molar-refractivity contribution in [3.8, 4) is 0 Å². The third-order valence-corrected chi connectivity index (χ3v) is 2.82. The Morgan fingerprint density at radius 3 is 2.67 bits per heavy atom. The molecule has 0 unspecified atom stereocenters. The average molecular weight is 305 g/mol. The summed E-state index contributed by atoms with van der Waals surface area (Å²) in [6, 6.07) is 8.96. The lowest BCUT2D eigenvalue weighted by Gasteiger charge is -2.10. The summed E-state index contributed by atoms with van der Waals surface area (Å²) in [4.78, 5) is 20.4. The van der Waals surface area contributed by atoms with Gasteiger partial charge in [-0.05, 0) is 39.0 Å². The van der Waals surface area contributed by atoms with Gasteiger partial charge in [0.25, 0.3) is 5.91 Å². The Morgan fingerprint density at radius 1 is 1.24 bits per heavy atom. The van der Waals surface area contributed by atoms with Gasteiger partial charge in [0, 0.05) is 22.8 Å². The van der Waals surface area contributed by atoms with Crippen LogP contribution in [-0.4, -0.2) is 21.9 Å². The van der Waals surface area contributed by atoms with E-state index >= 15 is 0 Å². The number of nitrogens with one attached hydrogen (secondary N) is 2. The molecule has 1 amide bonds. The summed E-state index contributed by atoms with van der Waals surface area (Å²) in [5.74, 6) is 0.860. The lowest BCUT2D eigenvalue weighted by atomic mass is 10.3. The summed E-state index contributed by atoms with van der Waals surface area (Å²) in [6.07, 6.45) is 0. The number of anilines is 2. The molecule has 1 aromatic heterocycles. The second kappa shape index (κ2) is 6.54. The Labute approximate surface area is 128 Å². The molecular weight excluding hydrogens is 288 g/mol. The van der Waals surface area contributed by atoms with Gasteiger partial charge in [0.05, 0.1) is 0 Å². The molecule has 0 bridgehead atoms. The quantitative estimate of drug-likeness (QED) is 0.909. The highest BCUT2D eigenvalue weighted by atomic mass is 35.5. The second-order valence-corrected chi connectivity index (χ2v) is 5.39. The Hall–Kier alpha value is -2.14. The monoisotopic (exact) mass is 304 g/mol. The van der Waals surface area contributed by atoms with E-state index in [1.165, 1.54) is 0 Å². The minimum Gasteiger partial charge on any atom is -0.349 e. The molecule has 0 saturated heterocycles. The first-order valence-electron chi connectivity index (χ1n) is 6.63. The molecule has 0 atom stereocenters. The van der Waals surface area contributed by atoms with E-state index in [2.05, 4.69) is 20.6 Å². The van der Waals surface area contributed by atoms with Crippen molar-refractivity contribution < 1.29 is 4.79 Å². The number of hydrogen-bond donors (Lipinski definition) is 2. The van der Waals surface area contributed by atoms with Crippen molar-refractivity contribution in [2.45, 2.75) is 26.8 Å². The van der Waals surface area contributed by atoms with Gasteiger partial charge in [0.1, 0.15) is 17.3 Å². The molecule has 110 valence electrons. The Bertz CT molecular complexity index is 658. The zero-order valence-electron chi connectivity index (χ0n) is 12.1. The summed E-state index contributed by atoms with van der Waals surface area (Å²) in [7, 11) is 0. The molecule has 21 heavy (non-hydrogen) atoms. The maximum absolute atomic E-state index is 12.0. The van der Waals surface area contributed by atoms with Crippen molar-refractivity contribution >= 4 is 29.0 Å². The van der Waals surface area contributed by atoms with Crippen molar-refractivity contribution in [1.29, 1.82) is 0 Å². The van der Waals surface area contributed by atoms with E-state index in [1.807, 2.05) is 26.0 Å². The number of aromatic nitrogens is 2. The SMILES string of the molecule is Cc1nc(Nc2cccc(Cl)c2)cc(C(=O)NC(C)C)n1. The van der Waals surface area contributed by atoms with Gasteiger partial charge in [-0.2, -0.15) is 0 Å². The van der Waals surface area contributed by atoms with E-state index < -0.39 is 0 Å². The van der Waals surface area contributed by atoms with Crippen molar-refractivity contribution in [3.05, 3.63) is 46.9 Å². The normalized spacial score (nSPS) is 10.5. The number of nitrogens with zero attached hydrogens (tertiary/aromatic N) is 2. The van der Waals surface area contributed by atoms with Crippen molar-refractivity contribution in [1.82, 2.24) is 15.3 Å². The molecule has 0 aliphatic rings. The predicted molar refractivity (Wildman–Crippen MR) is 84.1 cm³/mol. The molecule has 0 saturated carbocycles. The van der Waals surface area contributed by atoms with Crippen LogP contribution in [0, 0.1) is 6.92 Å². The largest absolute Gasteiger partial charge is 0.349 e. The van der Waals surface area contributed by atoms with Crippen molar-refractivity contribution in [2.75, 3.05) is 5.32 Å². The van der Waals surface area contributed by atoms with Gasteiger partial charge < -0.3 is 10.6 Å². The average Bonchev–Trinajstić information content (AvgIpc) is 2.37. The molecule has 0 aliphatic carbocycles. The molecule has 1 heterocycles. The van der Waals surface area contributed by atoms with Crippen LogP contribution in [0.25, 0.3) is 0 Å². The minimum atomic E-state index is -0.218. The summed E-state index contributed by atoms with van der Waals surface area (Å²) >= 11 is 5.94. The second-order valence-electron chi connectivity index (χ2n) is 4.95. The van der Waals surface area contributed by atoms with E-state index in [0.717, 1.165) is 5.69 Å². The topological polar surface area (TPSA) is 66.9 Å². The van der Waals surface area contributed by atoms with Gasteiger partial charge in [-0.15, -0.1) is 0 Å². The Morgan fingerprint density at radius 2 is 2.00 bits per heavy atom. The number of aryl methyl sites for hydroxylation is 1. The highest BCUT2D eigenvalue weighted by Crippen LogP contribution is 2.19. The molecule has 0 aliphatic heterocycles. The molecule has 0 radical (unpaired) electrons. The number of carbonyl (C=O) groups is 1. The van der Waals surface area contributed by atoms with Gasteiger partial charge in [-0.25, -0.2) is 9.97 Å². The van der Waals surface area contributed by atoms with Crippen LogP contribution in [0.3, 0.4) is 0 Å². The zero-order valence-corrected chi connectivity index (χ0v) is 12.9. The predicted octanol–water partition coefficient (Wildman–Crippen LogP) is 3.32. The lowest BCUT2D eigenvalue weighted by Crippen LogP contribution is -2.31. The molecule has 1 aromatic carbocycles. The maximum atomic E-state index is 12.0. The minimum absolute atomic E-state index is 0.0529. The van der Waals surface area contributed by atoms with Crippen LogP contribution in [0.1, 0.15) is 30.2 Å². The van der Waals surface area contributed by atoms with Gasteiger partial charge in [0.15, 0.2) is 0 Å². The van der Waals surface area contributed by atoms with E-state index in [4.69, 9.17) is 11.6 Å². The molecule has 6 heteroatoms. The number of benzene rings is 1. The number of hydrogen-bond acceptors (Lipinski definition) is 4. The van der Waals surface area contributed by atoms with Crippen LogP contribution in [0.4, 0.5) is 11.5 Å². The first-order valence-corrected chi connectivity index (χ1v) is 7.01. The zero-order chi connectivity index (χ0) is 15.4. The van der Waals surface area contributed by atoms with Gasteiger partial charge in [0.2, 0.25) is 0 Å². The third kappa shape index (κ3) is 4.43. The molecule has 5 nitrogen and oxygen atoms in total. The fraction of sp³-hybridized carbons (Fsp3) is 0.267. The summed E-state index contributed by atoms with van der Waals surface area (Å²) in [6.45, 7) is 5.55. The van der Waals surface area contributed by atoms with Crippen LogP contribution in [0.2, 0.25) is 5.02 Å². The number of rotatable bonds is 4. The fourth-order valence-electron chi connectivity index (χ4n) is 1.80. The number of halogens is 1. The van der Waals surface area contributed by atoms with Crippen molar-refractivity contribution in [3.63, 3.8) is 0 Å².